The van der Waals surface area contributed by atoms with Crippen LogP contribution in [0.5, 0.6) is 11.5 Å². The summed E-state index contributed by atoms with van der Waals surface area (Å²) in [6, 6.07) is 14.3. The van der Waals surface area contributed by atoms with E-state index in [0.29, 0.717) is 0 Å². The lowest BCUT2D eigenvalue weighted by atomic mass is 10.1. The molecule has 0 aliphatic carbocycles. The topological polar surface area (TPSA) is 99.5 Å². The Morgan fingerprint density at radius 3 is 1.81 bits per heavy atom. The zero-order chi connectivity index (χ0) is 22.8. The highest BCUT2D eigenvalue weighted by Crippen LogP contribution is 2.28. The molecule has 1 fully saturated rings. The minimum atomic E-state index is -1.82. The molecular formula is C22H27ClN2O6. The molecule has 2 aromatic carbocycles. The first-order chi connectivity index (χ1) is 14.8. The number of hydrogen-bond acceptors (Lipinski definition) is 6. The minimum absolute atomic E-state index is 0.776. The lowest BCUT2D eigenvalue weighted by Crippen LogP contribution is -2.45. The van der Waals surface area contributed by atoms with Gasteiger partial charge in [0.05, 0.1) is 14.2 Å². The summed E-state index contributed by atoms with van der Waals surface area (Å²) < 4.78 is 10.7. The quantitative estimate of drug-likeness (QED) is 0.648. The molecule has 0 unspecified atom stereocenters. The highest BCUT2D eigenvalue weighted by atomic mass is 35.5. The van der Waals surface area contributed by atoms with Gasteiger partial charge >= 0.3 is 11.9 Å². The molecule has 0 radical (unpaired) electrons. The van der Waals surface area contributed by atoms with Crippen molar-refractivity contribution in [1.82, 2.24) is 9.80 Å². The van der Waals surface area contributed by atoms with Gasteiger partial charge in [-0.1, -0.05) is 29.8 Å². The second kappa shape index (κ2) is 12.1. The van der Waals surface area contributed by atoms with Crippen LogP contribution in [0.3, 0.4) is 0 Å². The molecule has 1 saturated heterocycles. The van der Waals surface area contributed by atoms with Gasteiger partial charge in [-0.2, -0.15) is 0 Å². The molecule has 0 spiro atoms. The molecule has 1 heterocycles. The van der Waals surface area contributed by atoms with Gasteiger partial charge in [-0.05, 0) is 35.4 Å². The fourth-order valence-corrected chi connectivity index (χ4v) is 3.45. The maximum atomic E-state index is 9.10. The summed E-state index contributed by atoms with van der Waals surface area (Å²) in [4.78, 5) is 23.2. The molecule has 168 valence electrons. The second-order valence-corrected chi connectivity index (χ2v) is 7.42. The predicted molar refractivity (Wildman–Crippen MR) is 117 cm³/mol. The van der Waals surface area contributed by atoms with Crippen LogP contribution in [0.1, 0.15) is 11.1 Å². The maximum absolute atomic E-state index is 9.10. The standard InChI is InChI=1S/C20H25ClN2O2.C2H2O4/c1-24-19-7-6-17(13-20(19)25-2)15-23-10-8-22(9-11-23)14-16-4-3-5-18(21)12-16;3-1(4)2(5)6/h3-7,12-13H,8-11,14-15H2,1-2H3;(H,3,4)(H,5,6). The van der Waals surface area contributed by atoms with E-state index in [0.717, 1.165) is 55.8 Å². The zero-order valence-electron chi connectivity index (χ0n) is 17.6. The van der Waals surface area contributed by atoms with E-state index in [9.17, 15) is 0 Å². The monoisotopic (exact) mass is 450 g/mol. The molecule has 2 N–H and O–H groups in total. The van der Waals surface area contributed by atoms with E-state index >= 15 is 0 Å². The lowest BCUT2D eigenvalue weighted by Gasteiger charge is -2.34. The fourth-order valence-electron chi connectivity index (χ4n) is 3.24. The first-order valence-corrected chi connectivity index (χ1v) is 10.1. The third-order valence-corrected chi connectivity index (χ3v) is 5.03. The Morgan fingerprint density at radius 2 is 1.35 bits per heavy atom. The number of carboxylic acid groups (broad SMARTS) is 2. The largest absolute Gasteiger partial charge is 0.493 e. The van der Waals surface area contributed by atoms with Crippen LogP contribution in [0.4, 0.5) is 0 Å². The van der Waals surface area contributed by atoms with Gasteiger partial charge in [-0.3, -0.25) is 9.80 Å². The number of benzene rings is 2. The van der Waals surface area contributed by atoms with E-state index in [2.05, 4.69) is 34.1 Å². The van der Waals surface area contributed by atoms with Crippen molar-refractivity contribution in [3.8, 4) is 11.5 Å². The molecule has 9 heteroatoms. The maximum Gasteiger partial charge on any atom is 0.414 e. The first kappa shape index (κ1) is 24.5. The molecule has 2 aromatic rings. The minimum Gasteiger partial charge on any atom is -0.493 e. The van der Waals surface area contributed by atoms with Crippen LogP contribution < -0.4 is 9.47 Å². The Hall–Kier alpha value is -2.81. The number of methoxy groups -OCH3 is 2. The first-order valence-electron chi connectivity index (χ1n) is 9.68. The molecule has 3 rings (SSSR count). The summed E-state index contributed by atoms with van der Waals surface area (Å²) in [5.74, 6) is -2.08. The van der Waals surface area contributed by atoms with Gasteiger partial charge in [0.15, 0.2) is 11.5 Å². The molecule has 1 aliphatic rings. The SMILES string of the molecule is COc1ccc(CN2CCN(Cc3cccc(Cl)c3)CC2)cc1OC.O=C(O)C(=O)O. The average Bonchev–Trinajstić information content (AvgIpc) is 2.75. The normalized spacial score (nSPS) is 14.3. The summed E-state index contributed by atoms with van der Waals surface area (Å²) in [6.45, 7) is 6.17. The van der Waals surface area contributed by atoms with Crippen molar-refractivity contribution < 1.29 is 29.3 Å². The Morgan fingerprint density at radius 1 is 0.839 bits per heavy atom. The van der Waals surface area contributed by atoms with Crippen molar-refractivity contribution >= 4 is 23.5 Å². The third kappa shape index (κ3) is 8.09. The smallest absolute Gasteiger partial charge is 0.414 e. The van der Waals surface area contributed by atoms with Gasteiger partial charge in [0.25, 0.3) is 0 Å². The molecule has 0 saturated carbocycles. The van der Waals surface area contributed by atoms with E-state index in [1.165, 1.54) is 11.1 Å². The average molecular weight is 451 g/mol. The van der Waals surface area contributed by atoms with Crippen LogP contribution >= 0.6 is 11.6 Å². The summed E-state index contributed by atoms with van der Waals surface area (Å²) in [7, 11) is 3.34. The Kier molecular flexibility index (Phi) is 9.58. The van der Waals surface area contributed by atoms with Crippen LogP contribution in [-0.4, -0.2) is 72.4 Å². The van der Waals surface area contributed by atoms with Crippen molar-refractivity contribution in [2.75, 3.05) is 40.4 Å². The van der Waals surface area contributed by atoms with Gasteiger partial charge in [0.1, 0.15) is 0 Å². The van der Waals surface area contributed by atoms with Gasteiger partial charge in [0, 0.05) is 44.3 Å². The van der Waals surface area contributed by atoms with Crippen LogP contribution in [0.25, 0.3) is 0 Å². The number of carbonyl (C=O) groups is 2. The molecule has 1 aliphatic heterocycles. The molecule has 0 amide bonds. The molecule has 0 bridgehead atoms. The third-order valence-electron chi connectivity index (χ3n) is 4.80. The van der Waals surface area contributed by atoms with Gasteiger partial charge < -0.3 is 19.7 Å². The van der Waals surface area contributed by atoms with Gasteiger partial charge in [0.2, 0.25) is 0 Å². The van der Waals surface area contributed by atoms with Crippen molar-refractivity contribution in [2.45, 2.75) is 13.1 Å². The molecule has 0 aromatic heterocycles. The van der Waals surface area contributed by atoms with Crippen LogP contribution in [0, 0.1) is 0 Å². The van der Waals surface area contributed by atoms with Crippen LogP contribution in [-0.2, 0) is 22.7 Å². The number of halogens is 1. The number of hydrogen-bond donors (Lipinski definition) is 2. The Balaban J connectivity index is 0.000000501. The Bertz CT molecular complexity index is 872. The second-order valence-electron chi connectivity index (χ2n) is 6.98. The number of rotatable bonds is 6. The van der Waals surface area contributed by atoms with E-state index in [1.54, 1.807) is 14.2 Å². The van der Waals surface area contributed by atoms with Crippen molar-refractivity contribution in [3.05, 3.63) is 58.6 Å². The highest BCUT2D eigenvalue weighted by Gasteiger charge is 2.18. The van der Waals surface area contributed by atoms with Gasteiger partial charge in [-0.15, -0.1) is 0 Å². The molecule has 0 atom stereocenters. The van der Waals surface area contributed by atoms with Crippen molar-refractivity contribution in [1.29, 1.82) is 0 Å². The fraction of sp³-hybridized carbons (Fsp3) is 0.364. The Labute approximate surface area is 186 Å². The molecule has 31 heavy (non-hydrogen) atoms. The van der Waals surface area contributed by atoms with Crippen LogP contribution in [0.2, 0.25) is 5.02 Å². The molecular weight excluding hydrogens is 424 g/mol. The zero-order valence-corrected chi connectivity index (χ0v) is 18.3. The van der Waals surface area contributed by atoms with Gasteiger partial charge in [-0.25, -0.2) is 9.59 Å². The summed E-state index contributed by atoms with van der Waals surface area (Å²) in [5.41, 5.74) is 2.53. The number of nitrogens with zero attached hydrogens (tertiary/aromatic N) is 2. The number of piperazine rings is 1. The number of aliphatic carboxylic acids is 2. The van der Waals surface area contributed by atoms with Crippen molar-refractivity contribution in [3.63, 3.8) is 0 Å². The van der Waals surface area contributed by atoms with Crippen molar-refractivity contribution in [2.24, 2.45) is 0 Å². The van der Waals surface area contributed by atoms with E-state index < -0.39 is 11.9 Å². The molecule has 8 nitrogen and oxygen atoms in total. The van der Waals surface area contributed by atoms with E-state index in [4.69, 9.17) is 40.9 Å². The lowest BCUT2D eigenvalue weighted by molar-refractivity contribution is -0.159. The summed E-state index contributed by atoms with van der Waals surface area (Å²) >= 11 is 6.08. The highest BCUT2D eigenvalue weighted by molar-refractivity contribution is 6.30. The predicted octanol–water partition coefficient (Wildman–Crippen LogP) is 2.83. The number of ether oxygens (including phenoxy) is 2. The van der Waals surface area contributed by atoms with Crippen LogP contribution in [0.15, 0.2) is 42.5 Å². The van der Waals surface area contributed by atoms with E-state index in [-0.39, 0.29) is 0 Å². The van der Waals surface area contributed by atoms with E-state index in [1.807, 2.05) is 18.2 Å². The summed E-state index contributed by atoms with van der Waals surface area (Å²) in [6.07, 6.45) is 0. The summed E-state index contributed by atoms with van der Waals surface area (Å²) in [5, 5.41) is 15.6. The number of carboxylic acids is 2.